The molecule has 3 rings (SSSR count). The van der Waals surface area contributed by atoms with Crippen LogP contribution in [0.3, 0.4) is 0 Å². The van der Waals surface area contributed by atoms with Crippen LogP contribution in [0.5, 0.6) is 0 Å². The van der Waals surface area contributed by atoms with Gasteiger partial charge in [0.25, 0.3) is 15.9 Å². The molecule has 0 radical (unpaired) electrons. The molecule has 0 saturated carbocycles. The van der Waals surface area contributed by atoms with E-state index >= 15 is 0 Å². The minimum absolute atomic E-state index is 0.0112. The Morgan fingerprint density at radius 2 is 1.88 bits per heavy atom. The van der Waals surface area contributed by atoms with E-state index < -0.39 is 10.0 Å². The largest absolute Gasteiger partial charge is 0.349 e. The number of nitrogens with zero attached hydrogens (tertiary/aromatic N) is 3. The molecule has 142 valence electrons. The third-order valence-corrected chi connectivity index (χ3v) is 5.89. The molecule has 0 aromatic heterocycles. The number of amides is 2. The van der Waals surface area contributed by atoms with Gasteiger partial charge in [-0.25, -0.2) is 8.42 Å². The molecular formula is C17H24N4O4S. The van der Waals surface area contributed by atoms with Gasteiger partial charge in [-0.05, 0) is 25.0 Å². The van der Waals surface area contributed by atoms with Gasteiger partial charge in [0, 0.05) is 37.8 Å². The fraction of sp³-hybridized carbons (Fsp3) is 0.588. The molecule has 0 bridgehead atoms. The fourth-order valence-electron chi connectivity index (χ4n) is 3.21. The number of carbonyl (C=O) groups excluding carboxylic acids is 2. The summed E-state index contributed by atoms with van der Waals surface area (Å²) >= 11 is 0. The summed E-state index contributed by atoms with van der Waals surface area (Å²) < 4.78 is 26.7. The number of sulfonamides is 1. The average molecular weight is 380 g/mol. The van der Waals surface area contributed by atoms with Crippen LogP contribution in [0.2, 0.25) is 0 Å². The molecule has 1 fully saturated rings. The number of hydrogen-bond acceptors (Lipinski definition) is 5. The summed E-state index contributed by atoms with van der Waals surface area (Å²) in [6.07, 6.45) is 6.24. The monoisotopic (exact) mass is 380 g/mol. The average Bonchev–Trinajstić information content (AvgIpc) is 2.60. The van der Waals surface area contributed by atoms with Gasteiger partial charge in [-0.2, -0.15) is 0 Å². The van der Waals surface area contributed by atoms with Crippen molar-refractivity contribution in [2.45, 2.75) is 32.7 Å². The molecule has 26 heavy (non-hydrogen) atoms. The maximum atomic E-state index is 12.5. The predicted molar refractivity (Wildman–Crippen MR) is 97.7 cm³/mol. The van der Waals surface area contributed by atoms with E-state index in [2.05, 4.69) is 9.71 Å². The zero-order valence-electron chi connectivity index (χ0n) is 15.0. The lowest BCUT2D eigenvalue weighted by Crippen LogP contribution is -2.48. The molecule has 0 aromatic carbocycles. The van der Waals surface area contributed by atoms with Crippen LogP contribution in [-0.4, -0.2) is 67.3 Å². The van der Waals surface area contributed by atoms with E-state index in [4.69, 9.17) is 0 Å². The summed E-state index contributed by atoms with van der Waals surface area (Å²) in [5.41, 5.74) is 0.476. The molecule has 3 aliphatic heterocycles. The minimum Gasteiger partial charge on any atom is -0.349 e. The lowest BCUT2D eigenvalue weighted by Gasteiger charge is -2.33. The smallest absolute Gasteiger partial charge is 0.256 e. The first-order chi connectivity index (χ1) is 12.2. The van der Waals surface area contributed by atoms with Crippen molar-refractivity contribution in [3.05, 3.63) is 23.9 Å². The third-order valence-electron chi connectivity index (χ3n) is 4.72. The van der Waals surface area contributed by atoms with Crippen molar-refractivity contribution >= 4 is 27.7 Å². The number of hydrogen-bond donors (Lipinski definition) is 1. The molecule has 3 aliphatic rings. The predicted octanol–water partition coefficient (Wildman–Crippen LogP) is 0.247. The van der Waals surface area contributed by atoms with Gasteiger partial charge in [0.1, 0.15) is 5.84 Å². The SMILES string of the molecule is CC(C)C(=O)N1CCC(NC(=O)C2=CN3CCS(=O)(=O)N=C3C=C2)CC1. The van der Waals surface area contributed by atoms with E-state index in [1.54, 1.807) is 23.3 Å². The molecule has 0 aromatic rings. The Kier molecular flexibility index (Phi) is 5.17. The Labute approximate surface area is 153 Å². The van der Waals surface area contributed by atoms with Gasteiger partial charge in [-0.1, -0.05) is 13.8 Å². The molecule has 0 aliphatic carbocycles. The number of fused-ring (bicyclic) bond motifs is 1. The molecule has 0 spiro atoms. The second-order valence-corrected chi connectivity index (χ2v) is 8.83. The number of likely N-dealkylation sites (tertiary alicyclic amines) is 1. The second-order valence-electron chi connectivity index (χ2n) is 7.07. The lowest BCUT2D eigenvalue weighted by molar-refractivity contribution is -0.135. The van der Waals surface area contributed by atoms with Crippen LogP contribution in [0.1, 0.15) is 26.7 Å². The molecule has 1 N–H and O–H groups in total. The number of piperidine rings is 1. The molecule has 0 unspecified atom stereocenters. The first-order valence-electron chi connectivity index (χ1n) is 8.84. The maximum absolute atomic E-state index is 12.5. The van der Waals surface area contributed by atoms with Crippen molar-refractivity contribution < 1.29 is 18.0 Å². The summed E-state index contributed by atoms with van der Waals surface area (Å²) in [5, 5.41) is 3.01. The highest BCUT2D eigenvalue weighted by molar-refractivity contribution is 7.90. The Morgan fingerprint density at radius 1 is 1.19 bits per heavy atom. The molecule has 8 nitrogen and oxygen atoms in total. The van der Waals surface area contributed by atoms with Crippen LogP contribution >= 0.6 is 0 Å². The van der Waals surface area contributed by atoms with Crippen LogP contribution < -0.4 is 5.32 Å². The normalized spacial score (nSPS) is 22.6. The Hall–Kier alpha value is -2.16. The molecule has 9 heteroatoms. The van der Waals surface area contributed by atoms with E-state index in [-0.39, 0.29) is 36.1 Å². The summed E-state index contributed by atoms with van der Waals surface area (Å²) in [7, 11) is -3.40. The van der Waals surface area contributed by atoms with Crippen molar-refractivity contribution in [2.75, 3.05) is 25.4 Å². The Balaban J connectivity index is 1.56. The van der Waals surface area contributed by atoms with Gasteiger partial charge >= 0.3 is 0 Å². The van der Waals surface area contributed by atoms with Crippen molar-refractivity contribution in [1.82, 2.24) is 15.1 Å². The van der Waals surface area contributed by atoms with Gasteiger partial charge in [-0.15, -0.1) is 4.40 Å². The van der Waals surface area contributed by atoms with Gasteiger partial charge in [0.15, 0.2) is 0 Å². The van der Waals surface area contributed by atoms with E-state index in [0.29, 0.717) is 24.5 Å². The standard InChI is InChI=1S/C17H24N4O4S/c1-12(2)17(23)20-7-5-14(6-8-20)18-16(22)13-3-4-15-19-26(24,25)10-9-21(15)11-13/h3-4,11-12,14H,5-10H2,1-2H3,(H,18,22). The number of carbonyl (C=O) groups is 2. The zero-order valence-corrected chi connectivity index (χ0v) is 15.8. The first-order valence-corrected chi connectivity index (χ1v) is 10.4. The van der Waals surface area contributed by atoms with Crippen molar-refractivity contribution in [3.8, 4) is 0 Å². The van der Waals surface area contributed by atoms with E-state index in [0.717, 1.165) is 12.8 Å². The van der Waals surface area contributed by atoms with Crippen LogP contribution in [0.25, 0.3) is 0 Å². The van der Waals surface area contributed by atoms with Crippen molar-refractivity contribution in [3.63, 3.8) is 0 Å². The van der Waals surface area contributed by atoms with E-state index in [1.807, 2.05) is 18.7 Å². The van der Waals surface area contributed by atoms with Gasteiger partial charge < -0.3 is 15.1 Å². The fourth-order valence-corrected chi connectivity index (χ4v) is 4.18. The summed E-state index contributed by atoms with van der Waals surface area (Å²) in [6, 6.07) is 0.0322. The number of rotatable bonds is 3. The molecule has 1 saturated heterocycles. The maximum Gasteiger partial charge on any atom is 0.256 e. The highest BCUT2D eigenvalue weighted by atomic mass is 32.2. The van der Waals surface area contributed by atoms with Crippen LogP contribution in [0.4, 0.5) is 0 Å². The number of nitrogens with one attached hydrogen (secondary N) is 1. The van der Waals surface area contributed by atoms with E-state index in [9.17, 15) is 18.0 Å². The Bertz CT molecular complexity index is 790. The topological polar surface area (TPSA) is 99.1 Å². The van der Waals surface area contributed by atoms with Crippen molar-refractivity contribution in [1.29, 1.82) is 0 Å². The van der Waals surface area contributed by atoms with Crippen molar-refractivity contribution in [2.24, 2.45) is 10.3 Å². The molecule has 3 heterocycles. The zero-order chi connectivity index (χ0) is 18.9. The van der Waals surface area contributed by atoms with Gasteiger partial charge in [-0.3, -0.25) is 9.59 Å². The Morgan fingerprint density at radius 3 is 2.54 bits per heavy atom. The second kappa shape index (κ2) is 7.22. The highest BCUT2D eigenvalue weighted by Gasteiger charge is 2.28. The van der Waals surface area contributed by atoms with Crippen LogP contribution in [0.15, 0.2) is 28.3 Å². The highest BCUT2D eigenvalue weighted by Crippen LogP contribution is 2.17. The van der Waals surface area contributed by atoms with Gasteiger partial charge in [0.05, 0.1) is 11.3 Å². The quantitative estimate of drug-likeness (QED) is 0.757. The lowest BCUT2D eigenvalue weighted by atomic mass is 10.0. The first kappa shape index (κ1) is 18.6. The minimum atomic E-state index is -3.40. The van der Waals surface area contributed by atoms with E-state index in [1.165, 1.54) is 0 Å². The summed E-state index contributed by atoms with van der Waals surface area (Å²) in [5.74, 6) is 0.232. The molecular weight excluding hydrogens is 356 g/mol. The molecule has 0 atom stereocenters. The third kappa shape index (κ3) is 4.14. The van der Waals surface area contributed by atoms with Gasteiger partial charge in [0.2, 0.25) is 5.91 Å². The number of amidine groups is 1. The summed E-state index contributed by atoms with van der Waals surface area (Å²) in [4.78, 5) is 28.0. The molecule has 2 amide bonds. The summed E-state index contributed by atoms with van der Waals surface area (Å²) in [6.45, 7) is 5.37. The van der Waals surface area contributed by atoms with Crippen LogP contribution in [-0.2, 0) is 19.6 Å². The van der Waals surface area contributed by atoms with Crippen LogP contribution in [0, 0.1) is 5.92 Å².